The van der Waals surface area contributed by atoms with Crippen LogP contribution in [0.2, 0.25) is 0 Å². The third-order valence-corrected chi connectivity index (χ3v) is 7.88. The van der Waals surface area contributed by atoms with Crippen molar-refractivity contribution in [2.24, 2.45) is 39.7 Å². The van der Waals surface area contributed by atoms with Crippen LogP contribution in [0.15, 0.2) is 82.7 Å². The Balaban J connectivity index is 1.91. The Hall–Kier alpha value is -2.53. The van der Waals surface area contributed by atoms with E-state index < -0.39 is 0 Å². The van der Waals surface area contributed by atoms with Gasteiger partial charge in [0.25, 0.3) is 0 Å². The molecule has 4 unspecified atom stereocenters. The Morgan fingerprint density at radius 3 is 2.67 bits per heavy atom. The van der Waals surface area contributed by atoms with Crippen molar-refractivity contribution in [3.63, 3.8) is 0 Å². The van der Waals surface area contributed by atoms with E-state index in [2.05, 4.69) is 82.4 Å². The fourth-order valence-corrected chi connectivity index (χ4v) is 6.76. The van der Waals surface area contributed by atoms with Crippen molar-refractivity contribution in [2.45, 2.75) is 27.7 Å². The molecule has 27 heavy (non-hydrogen) atoms. The summed E-state index contributed by atoms with van der Waals surface area (Å²) in [5, 5.41) is 9.49. The topological polar surface area (TPSA) is 49.8 Å². The van der Waals surface area contributed by atoms with Crippen molar-refractivity contribution in [3.05, 3.63) is 82.7 Å². The smallest absolute Gasteiger partial charge is 0.0915 e. The number of rotatable bonds is 0. The molecule has 4 atom stereocenters. The molecule has 1 fully saturated rings. The van der Waals surface area contributed by atoms with Gasteiger partial charge in [0, 0.05) is 28.5 Å². The predicted octanol–water partition coefficient (Wildman–Crippen LogP) is 5.13. The van der Waals surface area contributed by atoms with E-state index in [4.69, 9.17) is 5.73 Å². The van der Waals surface area contributed by atoms with Gasteiger partial charge in [0.15, 0.2) is 0 Å². The number of hydrogen-bond acceptors (Lipinski definition) is 2. The number of fused-ring (bicyclic) bond motifs is 3. The molecule has 2 bridgehead atoms. The van der Waals surface area contributed by atoms with Gasteiger partial charge in [-0.3, -0.25) is 0 Å². The first-order chi connectivity index (χ1) is 12.8. The first kappa shape index (κ1) is 16.6. The molecule has 0 aliphatic heterocycles. The van der Waals surface area contributed by atoms with Gasteiger partial charge in [0.2, 0.25) is 0 Å². The van der Waals surface area contributed by atoms with Crippen LogP contribution >= 0.6 is 0 Å². The normalized spacial score (nSPS) is 40.3. The highest BCUT2D eigenvalue weighted by Gasteiger charge is 2.71. The first-order valence-electron chi connectivity index (χ1n) is 9.85. The molecule has 0 amide bonds. The second-order valence-electron chi connectivity index (χ2n) is 9.69. The van der Waals surface area contributed by atoms with E-state index >= 15 is 0 Å². The largest absolute Gasteiger partial charge is 0.401 e. The summed E-state index contributed by atoms with van der Waals surface area (Å²) in [6.45, 7) is 9.30. The van der Waals surface area contributed by atoms with Gasteiger partial charge in [-0.1, -0.05) is 70.2 Å². The van der Waals surface area contributed by atoms with Gasteiger partial charge in [-0.25, -0.2) is 0 Å². The summed E-state index contributed by atoms with van der Waals surface area (Å²) in [5.41, 5.74) is 12.8. The number of nitrogens with two attached hydrogens (primary N) is 1. The zero-order chi connectivity index (χ0) is 19.2. The Morgan fingerprint density at radius 2 is 1.93 bits per heavy atom. The minimum Gasteiger partial charge on any atom is -0.401 e. The minimum absolute atomic E-state index is 0.0190. The standard InChI is InChI=1S/C25H26N2/c1-23(2)11-9-16-13-18-17-8-6-5-7-15(10-12-26)21(17)25(24(18,3)4)20(27)14-19(23)22(16)25/h5-11,13-14,17-18,21H,27H2,1-4H3/b15-10+. The van der Waals surface area contributed by atoms with Gasteiger partial charge in [0.1, 0.15) is 0 Å². The van der Waals surface area contributed by atoms with E-state index in [1.807, 2.05) is 0 Å². The monoisotopic (exact) mass is 354 g/mol. The van der Waals surface area contributed by atoms with Gasteiger partial charge < -0.3 is 5.73 Å². The summed E-state index contributed by atoms with van der Waals surface area (Å²) in [6, 6.07) is 2.29. The molecule has 0 aromatic rings. The number of hydrogen-bond donors (Lipinski definition) is 1. The maximum absolute atomic E-state index is 9.49. The van der Waals surface area contributed by atoms with Crippen molar-refractivity contribution in [3.8, 4) is 6.07 Å². The molecule has 1 spiro atoms. The second kappa shape index (κ2) is 4.84. The molecule has 0 radical (unpaired) electrons. The quantitative estimate of drug-likeness (QED) is 0.613. The molecule has 0 aromatic heterocycles. The summed E-state index contributed by atoms with van der Waals surface area (Å²) in [7, 11) is 0. The average molecular weight is 354 g/mol. The number of nitrogens with zero attached hydrogens (tertiary/aromatic N) is 1. The maximum Gasteiger partial charge on any atom is 0.0915 e. The molecule has 5 rings (SSSR count). The molecule has 0 saturated heterocycles. The number of allylic oxidation sites excluding steroid dienone is 13. The zero-order valence-electron chi connectivity index (χ0n) is 16.5. The molecule has 1 saturated carbocycles. The van der Waals surface area contributed by atoms with Crippen LogP contribution in [-0.4, -0.2) is 0 Å². The van der Waals surface area contributed by atoms with Crippen LogP contribution in [0, 0.1) is 45.3 Å². The second-order valence-corrected chi connectivity index (χ2v) is 9.69. The molecule has 2 N–H and O–H groups in total. The van der Waals surface area contributed by atoms with Gasteiger partial charge >= 0.3 is 0 Å². The summed E-state index contributed by atoms with van der Waals surface area (Å²) >= 11 is 0. The van der Waals surface area contributed by atoms with Crippen molar-refractivity contribution >= 4 is 0 Å². The van der Waals surface area contributed by atoms with E-state index in [1.165, 1.54) is 16.7 Å². The van der Waals surface area contributed by atoms with Crippen LogP contribution in [0.1, 0.15) is 27.7 Å². The highest BCUT2D eigenvalue weighted by atomic mass is 14.8. The summed E-state index contributed by atoms with van der Waals surface area (Å²) < 4.78 is 0. The SMILES string of the molecule is CC1(C)C=CC2=CC3C4C=CC=C/C(=C\C#N)C4C4(C(N)=CC1=C24)C3(C)C. The first-order valence-corrected chi connectivity index (χ1v) is 9.85. The Labute approximate surface area is 161 Å². The number of nitriles is 1. The molecule has 0 heterocycles. The molecule has 5 aliphatic rings. The lowest BCUT2D eigenvalue weighted by molar-refractivity contribution is 0.136. The van der Waals surface area contributed by atoms with E-state index in [0.29, 0.717) is 11.8 Å². The van der Waals surface area contributed by atoms with Crippen molar-refractivity contribution in [2.75, 3.05) is 0 Å². The molecule has 2 heteroatoms. The third-order valence-electron chi connectivity index (χ3n) is 7.88. The highest BCUT2D eigenvalue weighted by Crippen LogP contribution is 2.76. The van der Waals surface area contributed by atoms with E-state index in [-0.39, 0.29) is 22.2 Å². The van der Waals surface area contributed by atoms with Gasteiger partial charge in [0.05, 0.1) is 6.07 Å². The Kier molecular flexibility index (Phi) is 2.98. The fraction of sp³-hybridized carbons (Fsp3) is 0.400. The Morgan fingerprint density at radius 1 is 1.15 bits per heavy atom. The fourth-order valence-electron chi connectivity index (χ4n) is 6.76. The van der Waals surface area contributed by atoms with Crippen LogP contribution in [-0.2, 0) is 0 Å². The zero-order valence-corrected chi connectivity index (χ0v) is 16.5. The summed E-state index contributed by atoms with van der Waals surface area (Å²) in [5.74, 6) is 0.909. The Bertz CT molecular complexity index is 1010. The van der Waals surface area contributed by atoms with Gasteiger partial charge in [-0.15, -0.1) is 0 Å². The molecular formula is C25H26N2. The lowest BCUT2D eigenvalue weighted by Gasteiger charge is -2.51. The summed E-state index contributed by atoms with van der Waals surface area (Å²) in [4.78, 5) is 0. The van der Waals surface area contributed by atoms with E-state index in [9.17, 15) is 5.26 Å². The predicted molar refractivity (Wildman–Crippen MR) is 109 cm³/mol. The van der Waals surface area contributed by atoms with Crippen LogP contribution in [0.3, 0.4) is 0 Å². The third kappa shape index (κ3) is 1.67. The van der Waals surface area contributed by atoms with Crippen molar-refractivity contribution in [1.29, 1.82) is 5.26 Å². The lowest BCUT2D eigenvalue weighted by Crippen LogP contribution is -2.47. The molecule has 136 valence electrons. The molecule has 0 aromatic carbocycles. The minimum atomic E-state index is -0.258. The van der Waals surface area contributed by atoms with Crippen LogP contribution in [0.5, 0.6) is 0 Å². The van der Waals surface area contributed by atoms with E-state index in [0.717, 1.165) is 11.3 Å². The van der Waals surface area contributed by atoms with Crippen molar-refractivity contribution < 1.29 is 0 Å². The van der Waals surface area contributed by atoms with Crippen LogP contribution in [0.4, 0.5) is 0 Å². The lowest BCUT2D eigenvalue weighted by atomic mass is 9.52. The van der Waals surface area contributed by atoms with Gasteiger partial charge in [-0.2, -0.15) is 5.26 Å². The summed E-state index contributed by atoms with van der Waals surface area (Å²) in [6.07, 6.45) is 19.8. The molecule has 2 nitrogen and oxygen atoms in total. The molecular weight excluding hydrogens is 328 g/mol. The van der Waals surface area contributed by atoms with Crippen LogP contribution in [0.25, 0.3) is 0 Å². The highest BCUT2D eigenvalue weighted by molar-refractivity contribution is 5.69. The average Bonchev–Trinajstić information content (AvgIpc) is 2.84. The van der Waals surface area contributed by atoms with E-state index in [1.54, 1.807) is 6.08 Å². The van der Waals surface area contributed by atoms with Crippen LogP contribution < -0.4 is 5.73 Å². The molecule has 5 aliphatic carbocycles. The van der Waals surface area contributed by atoms with Crippen molar-refractivity contribution in [1.82, 2.24) is 0 Å². The van der Waals surface area contributed by atoms with Gasteiger partial charge in [-0.05, 0) is 45.6 Å². The maximum atomic E-state index is 9.49.